The van der Waals surface area contributed by atoms with E-state index in [-0.39, 0.29) is 35.0 Å². The highest BCUT2D eigenvalue weighted by molar-refractivity contribution is 14.0. The standard InChI is InChI=1S/C20H29N5O.HI/c1-19(2)17(13-20(19,3)26-5)24-18(21-4)22-14-15-8-6-9-16(12-15)25-11-7-10-23-25;/h6-12,17H,13-14H2,1-5H3,(H2,21,22,24);1H. The van der Waals surface area contributed by atoms with Gasteiger partial charge < -0.3 is 15.4 Å². The second-order valence-electron chi connectivity index (χ2n) is 7.60. The molecule has 1 aliphatic rings. The van der Waals surface area contributed by atoms with E-state index in [1.54, 1.807) is 20.4 Å². The second kappa shape index (κ2) is 8.60. The highest BCUT2D eigenvalue weighted by atomic mass is 127. The maximum absolute atomic E-state index is 5.70. The van der Waals surface area contributed by atoms with Gasteiger partial charge in [-0.15, -0.1) is 24.0 Å². The Morgan fingerprint density at radius 1 is 1.33 bits per heavy atom. The van der Waals surface area contributed by atoms with Crippen LogP contribution in [0.25, 0.3) is 5.69 Å². The maximum Gasteiger partial charge on any atom is 0.191 e. The summed E-state index contributed by atoms with van der Waals surface area (Å²) in [5.41, 5.74) is 2.17. The van der Waals surface area contributed by atoms with E-state index in [9.17, 15) is 0 Å². The molecule has 0 bridgehead atoms. The molecule has 1 aromatic heterocycles. The van der Waals surface area contributed by atoms with Crippen LogP contribution in [-0.2, 0) is 11.3 Å². The molecule has 0 amide bonds. The first kappa shape index (κ1) is 21.7. The summed E-state index contributed by atoms with van der Waals surface area (Å²) >= 11 is 0. The molecule has 6 nitrogen and oxygen atoms in total. The molecule has 2 atom stereocenters. The van der Waals surface area contributed by atoms with Crippen molar-refractivity contribution in [2.24, 2.45) is 10.4 Å². The molecule has 0 aliphatic heterocycles. The summed E-state index contributed by atoms with van der Waals surface area (Å²) in [6, 6.07) is 10.6. The van der Waals surface area contributed by atoms with Crippen LogP contribution in [0.3, 0.4) is 0 Å². The quantitative estimate of drug-likeness (QED) is 0.389. The zero-order chi connectivity index (χ0) is 18.8. The molecule has 1 saturated carbocycles. The average molecular weight is 483 g/mol. The topological polar surface area (TPSA) is 63.5 Å². The van der Waals surface area contributed by atoms with Crippen molar-refractivity contribution in [2.75, 3.05) is 14.2 Å². The molecule has 27 heavy (non-hydrogen) atoms. The third kappa shape index (κ3) is 4.29. The minimum Gasteiger partial charge on any atom is -0.378 e. The Kier molecular flexibility index (Phi) is 6.91. The number of nitrogens with zero attached hydrogens (tertiary/aromatic N) is 3. The van der Waals surface area contributed by atoms with Gasteiger partial charge in [0.05, 0.1) is 11.3 Å². The summed E-state index contributed by atoms with van der Waals surface area (Å²) in [4.78, 5) is 4.37. The fourth-order valence-corrected chi connectivity index (χ4v) is 3.50. The molecule has 1 aliphatic carbocycles. The van der Waals surface area contributed by atoms with Crippen molar-refractivity contribution in [3.05, 3.63) is 48.3 Å². The number of benzene rings is 1. The Labute approximate surface area is 178 Å². The molecule has 2 aromatic rings. The van der Waals surface area contributed by atoms with Gasteiger partial charge in [-0.1, -0.05) is 26.0 Å². The van der Waals surface area contributed by atoms with Crippen LogP contribution in [0.2, 0.25) is 0 Å². The van der Waals surface area contributed by atoms with Crippen LogP contribution in [0.1, 0.15) is 32.8 Å². The maximum atomic E-state index is 5.70. The van der Waals surface area contributed by atoms with Crippen molar-refractivity contribution in [1.82, 2.24) is 20.4 Å². The van der Waals surface area contributed by atoms with Crippen LogP contribution in [0, 0.1) is 5.41 Å². The molecule has 148 valence electrons. The number of methoxy groups -OCH3 is 1. The van der Waals surface area contributed by atoms with Crippen LogP contribution >= 0.6 is 24.0 Å². The molecular formula is C20H30IN5O. The van der Waals surface area contributed by atoms with E-state index in [0.29, 0.717) is 12.6 Å². The number of aromatic nitrogens is 2. The fourth-order valence-electron chi connectivity index (χ4n) is 3.50. The largest absolute Gasteiger partial charge is 0.378 e. The third-order valence-corrected chi connectivity index (χ3v) is 5.95. The van der Waals surface area contributed by atoms with Crippen LogP contribution < -0.4 is 10.6 Å². The highest BCUT2D eigenvalue weighted by Gasteiger charge is 2.58. The molecule has 0 saturated heterocycles. The van der Waals surface area contributed by atoms with Crippen molar-refractivity contribution in [3.8, 4) is 5.69 Å². The summed E-state index contributed by atoms with van der Waals surface area (Å²) in [6.07, 6.45) is 4.69. The number of guanidine groups is 1. The molecule has 7 heteroatoms. The summed E-state index contributed by atoms with van der Waals surface area (Å²) < 4.78 is 7.56. The summed E-state index contributed by atoms with van der Waals surface area (Å²) in [5, 5.41) is 11.2. The molecular weight excluding hydrogens is 453 g/mol. The molecule has 2 unspecified atom stereocenters. The number of aliphatic imine (C=N–C) groups is 1. The number of ether oxygens (including phenoxy) is 1. The first-order chi connectivity index (χ1) is 12.4. The van der Waals surface area contributed by atoms with Gasteiger partial charge in [0.15, 0.2) is 5.96 Å². The van der Waals surface area contributed by atoms with Gasteiger partial charge >= 0.3 is 0 Å². The van der Waals surface area contributed by atoms with Crippen LogP contribution in [0.4, 0.5) is 0 Å². The Morgan fingerprint density at radius 2 is 2.11 bits per heavy atom. The van der Waals surface area contributed by atoms with Gasteiger partial charge in [0, 0.05) is 44.6 Å². The third-order valence-electron chi connectivity index (χ3n) is 5.95. The van der Waals surface area contributed by atoms with E-state index < -0.39 is 0 Å². The molecule has 1 aromatic carbocycles. The minimum atomic E-state index is -0.0956. The van der Waals surface area contributed by atoms with E-state index in [4.69, 9.17) is 4.74 Å². The Bertz CT molecular complexity index is 774. The monoisotopic (exact) mass is 483 g/mol. The number of rotatable bonds is 5. The van der Waals surface area contributed by atoms with Crippen molar-refractivity contribution in [1.29, 1.82) is 0 Å². The van der Waals surface area contributed by atoms with Gasteiger partial charge in [0.2, 0.25) is 0 Å². The molecule has 2 N–H and O–H groups in total. The van der Waals surface area contributed by atoms with Gasteiger partial charge in [-0.25, -0.2) is 4.68 Å². The lowest BCUT2D eigenvalue weighted by Crippen LogP contribution is -2.69. The first-order valence-corrected chi connectivity index (χ1v) is 9.01. The lowest BCUT2D eigenvalue weighted by molar-refractivity contribution is -0.176. The molecule has 1 fully saturated rings. The number of hydrogen-bond acceptors (Lipinski definition) is 3. The number of halogens is 1. The van der Waals surface area contributed by atoms with Gasteiger partial charge in [-0.05, 0) is 37.1 Å². The van der Waals surface area contributed by atoms with E-state index in [1.807, 2.05) is 29.1 Å². The lowest BCUT2D eigenvalue weighted by Gasteiger charge is -2.59. The number of hydrogen-bond donors (Lipinski definition) is 2. The van der Waals surface area contributed by atoms with Gasteiger partial charge in [-0.2, -0.15) is 5.10 Å². The predicted molar refractivity (Wildman–Crippen MR) is 120 cm³/mol. The summed E-state index contributed by atoms with van der Waals surface area (Å²) in [7, 11) is 3.59. The van der Waals surface area contributed by atoms with E-state index in [2.05, 4.69) is 53.6 Å². The second-order valence-corrected chi connectivity index (χ2v) is 7.60. The average Bonchev–Trinajstić information content (AvgIpc) is 3.19. The fraction of sp³-hybridized carbons (Fsp3) is 0.500. The first-order valence-electron chi connectivity index (χ1n) is 9.01. The normalized spacial score (nSPS) is 23.9. The number of nitrogens with one attached hydrogen (secondary N) is 2. The van der Waals surface area contributed by atoms with Crippen LogP contribution in [0.5, 0.6) is 0 Å². The van der Waals surface area contributed by atoms with Gasteiger partial charge in [-0.3, -0.25) is 4.99 Å². The van der Waals surface area contributed by atoms with E-state index in [1.165, 1.54) is 5.56 Å². The predicted octanol–water partition coefficient (Wildman–Crippen LogP) is 3.36. The molecule has 3 rings (SSSR count). The Morgan fingerprint density at radius 3 is 2.70 bits per heavy atom. The van der Waals surface area contributed by atoms with Gasteiger partial charge in [0.1, 0.15) is 0 Å². The lowest BCUT2D eigenvalue weighted by atomic mass is 9.56. The molecule has 0 spiro atoms. The highest BCUT2D eigenvalue weighted by Crippen LogP contribution is 2.51. The molecule has 1 heterocycles. The smallest absolute Gasteiger partial charge is 0.191 e. The van der Waals surface area contributed by atoms with Crippen molar-refractivity contribution in [2.45, 2.75) is 45.4 Å². The van der Waals surface area contributed by atoms with E-state index in [0.717, 1.165) is 18.1 Å². The molecule has 0 radical (unpaired) electrons. The van der Waals surface area contributed by atoms with Crippen molar-refractivity contribution < 1.29 is 4.74 Å². The van der Waals surface area contributed by atoms with Crippen molar-refractivity contribution in [3.63, 3.8) is 0 Å². The SMILES string of the molecule is CN=C(NCc1cccc(-n2cccn2)c1)NC1CC(C)(OC)C1(C)C.I. The zero-order valence-electron chi connectivity index (χ0n) is 16.7. The minimum absolute atomic E-state index is 0. The van der Waals surface area contributed by atoms with Crippen LogP contribution in [0.15, 0.2) is 47.7 Å². The Balaban J connectivity index is 0.00000261. The Hall–Kier alpha value is -1.61. The van der Waals surface area contributed by atoms with Crippen molar-refractivity contribution >= 4 is 29.9 Å². The summed E-state index contributed by atoms with van der Waals surface area (Å²) in [6.45, 7) is 7.34. The van der Waals surface area contributed by atoms with E-state index >= 15 is 0 Å². The van der Waals surface area contributed by atoms with Crippen LogP contribution in [-0.4, -0.2) is 41.5 Å². The van der Waals surface area contributed by atoms with Gasteiger partial charge in [0.25, 0.3) is 0 Å². The summed E-state index contributed by atoms with van der Waals surface area (Å²) in [5.74, 6) is 0.811. The zero-order valence-corrected chi connectivity index (χ0v) is 19.0.